The number of ether oxygens (including phenoxy) is 1. The van der Waals surface area contributed by atoms with Crippen molar-refractivity contribution in [3.63, 3.8) is 0 Å². The molecule has 19 heavy (non-hydrogen) atoms. The van der Waals surface area contributed by atoms with Gasteiger partial charge in [-0.1, -0.05) is 0 Å². The molecule has 8 nitrogen and oxygen atoms in total. The van der Waals surface area contributed by atoms with Crippen LogP contribution in [0, 0.1) is 0 Å². The number of carboxylic acid groups (broad SMARTS) is 1. The number of nitrogens with one attached hydrogen (secondary N) is 2. The van der Waals surface area contributed by atoms with Crippen molar-refractivity contribution in [2.24, 2.45) is 5.73 Å². The molecule has 0 aromatic heterocycles. The van der Waals surface area contributed by atoms with Crippen LogP contribution in [0.25, 0.3) is 0 Å². The van der Waals surface area contributed by atoms with Crippen LogP contribution in [0.5, 0.6) is 0 Å². The molecule has 3 amide bonds. The minimum absolute atomic E-state index is 0.0282. The number of carboxylic acids is 1. The fourth-order valence-corrected chi connectivity index (χ4v) is 1.84. The number of amides is 3. The van der Waals surface area contributed by atoms with Crippen LogP contribution >= 0.6 is 0 Å². The van der Waals surface area contributed by atoms with Crippen molar-refractivity contribution in [2.75, 3.05) is 6.61 Å². The summed E-state index contributed by atoms with van der Waals surface area (Å²) in [7, 11) is 0. The summed E-state index contributed by atoms with van der Waals surface area (Å²) in [5.74, 6) is -2.08. The van der Waals surface area contributed by atoms with Crippen LogP contribution < -0.4 is 16.4 Å². The van der Waals surface area contributed by atoms with Crippen LogP contribution in [0.3, 0.4) is 0 Å². The number of carbonyl (C=O) groups excluding carboxylic acids is 2. The van der Waals surface area contributed by atoms with E-state index in [9.17, 15) is 14.4 Å². The Labute approximate surface area is 110 Å². The first-order valence-electron chi connectivity index (χ1n) is 6.12. The number of primary amides is 1. The van der Waals surface area contributed by atoms with Gasteiger partial charge in [0, 0.05) is 12.6 Å². The highest BCUT2D eigenvalue weighted by Gasteiger charge is 2.31. The van der Waals surface area contributed by atoms with Gasteiger partial charge in [0.2, 0.25) is 5.91 Å². The molecule has 0 aliphatic heterocycles. The Morgan fingerprint density at radius 1 is 1.42 bits per heavy atom. The van der Waals surface area contributed by atoms with E-state index < -0.39 is 30.4 Å². The number of rotatable bonds is 7. The van der Waals surface area contributed by atoms with Crippen LogP contribution in [0.2, 0.25) is 0 Å². The highest BCUT2D eigenvalue weighted by atomic mass is 16.5. The van der Waals surface area contributed by atoms with Crippen molar-refractivity contribution in [1.29, 1.82) is 0 Å². The van der Waals surface area contributed by atoms with Crippen LogP contribution in [0.1, 0.15) is 26.2 Å². The lowest BCUT2D eigenvalue weighted by Gasteiger charge is -2.35. The second-order valence-corrected chi connectivity index (χ2v) is 4.42. The van der Waals surface area contributed by atoms with E-state index in [0.717, 1.165) is 0 Å². The maximum Gasteiger partial charge on any atom is 0.326 e. The number of urea groups is 1. The first-order chi connectivity index (χ1) is 8.92. The first kappa shape index (κ1) is 15.2. The van der Waals surface area contributed by atoms with Gasteiger partial charge in [0.15, 0.2) is 0 Å². The van der Waals surface area contributed by atoms with Gasteiger partial charge in [-0.2, -0.15) is 0 Å². The third-order valence-corrected chi connectivity index (χ3v) is 2.84. The van der Waals surface area contributed by atoms with Gasteiger partial charge in [-0.25, -0.2) is 9.59 Å². The van der Waals surface area contributed by atoms with Crippen molar-refractivity contribution >= 4 is 17.9 Å². The van der Waals surface area contributed by atoms with Crippen LogP contribution in [-0.2, 0) is 14.3 Å². The lowest BCUT2D eigenvalue weighted by molar-refractivity contribution is -0.140. The minimum atomic E-state index is -1.31. The monoisotopic (exact) mass is 273 g/mol. The van der Waals surface area contributed by atoms with Gasteiger partial charge in [-0.15, -0.1) is 0 Å². The molecule has 1 aliphatic rings. The zero-order valence-corrected chi connectivity index (χ0v) is 10.7. The van der Waals surface area contributed by atoms with Gasteiger partial charge in [-0.05, 0) is 19.8 Å². The van der Waals surface area contributed by atoms with Crippen LogP contribution in [-0.4, -0.2) is 47.8 Å². The summed E-state index contributed by atoms with van der Waals surface area (Å²) in [5.41, 5.74) is 4.91. The van der Waals surface area contributed by atoms with Gasteiger partial charge >= 0.3 is 12.0 Å². The molecule has 0 bridgehead atoms. The minimum Gasteiger partial charge on any atom is -0.480 e. The van der Waals surface area contributed by atoms with E-state index in [-0.39, 0.29) is 12.1 Å². The Hall–Kier alpha value is -1.83. The zero-order valence-electron chi connectivity index (χ0n) is 10.7. The molecule has 0 aromatic rings. The Kier molecular flexibility index (Phi) is 5.56. The summed E-state index contributed by atoms with van der Waals surface area (Å²) in [6.45, 7) is 2.53. The quantitative estimate of drug-likeness (QED) is 0.481. The van der Waals surface area contributed by atoms with Crippen molar-refractivity contribution in [3.8, 4) is 0 Å². The second kappa shape index (κ2) is 6.93. The zero-order chi connectivity index (χ0) is 14.4. The molecule has 0 heterocycles. The average Bonchev–Trinajstić information content (AvgIpc) is 2.24. The highest BCUT2D eigenvalue weighted by molar-refractivity contribution is 5.87. The van der Waals surface area contributed by atoms with E-state index in [2.05, 4.69) is 10.6 Å². The van der Waals surface area contributed by atoms with E-state index in [1.807, 2.05) is 6.92 Å². The Morgan fingerprint density at radius 3 is 2.53 bits per heavy atom. The summed E-state index contributed by atoms with van der Waals surface area (Å²) < 4.78 is 5.33. The molecule has 0 spiro atoms. The summed E-state index contributed by atoms with van der Waals surface area (Å²) >= 11 is 0. The van der Waals surface area contributed by atoms with Gasteiger partial charge < -0.3 is 26.2 Å². The molecule has 108 valence electrons. The van der Waals surface area contributed by atoms with Crippen LogP contribution in [0.4, 0.5) is 4.79 Å². The topological polar surface area (TPSA) is 131 Å². The lowest BCUT2D eigenvalue weighted by Crippen LogP contribution is -2.54. The summed E-state index contributed by atoms with van der Waals surface area (Å²) in [6, 6.07) is -1.95. The lowest BCUT2D eigenvalue weighted by atomic mass is 9.89. The Morgan fingerprint density at radius 2 is 2.05 bits per heavy atom. The number of hydrogen-bond donors (Lipinski definition) is 4. The largest absolute Gasteiger partial charge is 0.480 e. The number of nitrogens with two attached hydrogens (primary N) is 1. The third-order valence-electron chi connectivity index (χ3n) is 2.84. The Balaban J connectivity index is 2.30. The molecular weight excluding hydrogens is 254 g/mol. The molecule has 0 radical (unpaired) electrons. The molecule has 1 atom stereocenters. The fourth-order valence-electron chi connectivity index (χ4n) is 1.84. The first-order valence-corrected chi connectivity index (χ1v) is 6.12. The average molecular weight is 273 g/mol. The van der Waals surface area contributed by atoms with Crippen LogP contribution in [0.15, 0.2) is 0 Å². The predicted octanol–water partition coefficient (Wildman–Crippen LogP) is -0.818. The maximum absolute atomic E-state index is 11.5. The maximum atomic E-state index is 11.5. The van der Waals surface area contributed by atoms with E-state index in [4.69, 9.17) is 15.6 Å². The molecule has 0 aromatic carbocycles. The third kappa shape index (κ3) is 5.12. The molecule has 5 N–H and O–H groups in total. The molecule has 1 aliphatic carbocycles. The van der Waals surface area contributed by atoms with Gasteiger partial charge in [0.25, 0.3) is 0 Å². The highest BCUT2D eigenvalue weighted by Crippen LogP contribution is 2.22. The Bertz CT molecular complexity index is 354. The molecule has 1 rings (SSSR count). The predicted molar refractivity (Wildman–Crippen MR) is 65.3 cm³/mol. The summed E-state index contributed by atoms with van der Waals surface area (Å²) in [5, 5.41) is 13.6. The van der Waals surface area contributed by atoms with E-state index in [0.29, 0.717) is 19.4 Å². The van der Waals surface area contributed by atoms with Gasteiger partial charge in [-0.3, -0.25) is 4.79 Å². The van der Waals surface area contributed by atoms with Gasteiger partial charge in [0.05, 0.1) is 12.5 Å². The smallest absolute Gasteiger partial charge is 0.326 e. The molecule has 1 fully saturated rings. The molecule has 0 unspecified atom stereocenters. The molecule has 0 saturated heterocycles. The SMILES string of the molecule is CCOC1CC(NC(=O)N[C@@H](CC(N)=O)C(=O)O)C1. The van der Waals surface area contributed by atoms with Crippen molar-refractivity contribution < 1.29 is 24.2 Å². The molecule has 1 saturated carbocycles. The van der Waals surface area contributed by atoms with Crippen molar-refractivity contribution in [1.82, 2.24) is 10.6 Å². The standard InChI is InChI=1S/C11H19N3O5/c1-2-19-7-3-6(4-7)13-11(18)14-8(10(16)17)5-9(12)15/h6-8H,2-5H2,1H3,(H2,12,15)(H,16,17)(H2,13,14,18)/t6?,7?,8-/m0/s1. The van der Waals surface area contributed by atoms with Gasteiger partial charge in [0.1, 0.15) is 6.04 Å². The van der Waals surface area contributed by atoms with E-state index in [1.165, 1.54) is 0 Å². The molecule has 8 heteroatoms. The van der Waals surface area contributed by atoms with E-state index >= 15 is 0 Å². The molecular formula is C11H19N3O5. The second-order valence-electron chi connectivity index (χ2n) is 4.42. The van der Waals surface area contributed by atoms with Crippen molar-refractivity contribution in [3.05, 3.63) is 0 Å². The van der Waals surface area contributed by atoms with Crippen molar-refractivity contribution in [2.45, 2.75) is 44.4 Å². The number of hydrogen-bond acceptors (Lipinski definition) is 4. The summed E-state index contributed by atoms with van der Waals surface area (Å²) in [4.78, 5) is 33.0. The number of carbonyl (C=O) groups is 3. The van der Waals surface area contributed by atoms with E-state index in [1.54, 1.807) is 0 Å². The summed E-state index contributed by atoms with van der Waals surface area (Å²) in [6.07, 6.45) is 1.12. The number of aliphatic carboxylic acids is 1. The fraction of sp³-hybridized carbons (Fsp3) is 0.727. The normalized spacial score (nSPS) is 23.0.